The van der Waals surface area contributed by atoms with Gasteiger partial charge in [0.15, 0.2) is 11.6 Å². The highest BCUT2D eigenvalue weighted by Crippen LogP contribution is 2.49. The third-order valence-corrected chi connectivity index (χ3v) is 7.60. The lowest BCUT2D eigenvalue weighted by molar-refractivity contribution is -0.122. The summed E-state index contributed by atoms with van der Waals surface area (Å²) >= 11 is 6.05. The predicted octanol–water partition coefficient (Wildman–Crippen LogP) is 4.82. The van der Waals surface area contributed by atoms with E-state index in [1.54, 1.807) is 48.5 Å². The van der Waals surface area contributed by atoms with Crippen LogP contribution in [0.1, 0.15) is 33.2 Å². The van der Waals surface area contributed by atoms with Crippen LogP contribution in [0.25, 0.3) is 6.08 Å². The molecule has 0 aliphatic carbocycles. The number of carbonyl (C=O) groups is 4. The summed E-state index contributed by atoms with van der Waals surface area (Å²) in [6.45, 7) is 1.46. The molecule has 3 aromatic carbocycles. The number of halogens is 1. The molecule has 6 nitrogen and oxygen atoms in total. The standard InChI is InChI=1S/C29H21ClN2O4/c1-16(33)17-8-13-21(14-9-17)31-28(35)24-23-15-10-18-4-2-3-5-22(18)32(23)26(25(24)29(31)36)27(34)19-6-11-20(30)12-7-19/h2-15,23-26H,1H3/t23-,24-,25-,26+/m0/s1. The van der Waals surface area contributed by atoms with Crippen molar-refractivity contribution in [3.05, 3.63) is 101 Å². The van der Waals surface area contributed by atoms with Crippen LogP contribution in [0.2, 0.25) is 5.02 Å². The number of benzene rings is 3. The zero-order valence-electron chi connectivity index (χ0n) is 19.3. The number of ketones is 2. The van der Waals surface area contributed by atoms with Crippen molar-refractivity contribution >= 4 is 52.4 Å². The van der Waals surface area contributed by atoms with E-state index in [4.69, 9.17) is 11.6 Å². The number of hydrogen-bond acceptors (Lipinski definition) is 5. The highest BCUT2D eigenvalue weighted by Gasteiger charge is 2.64. The lowest BCUT2D eigenvalue weighted by Crippen LogP contribution is -2.48. The molecule has 2 saturated heterocycles. The number of hydrogen-bond donors (Lipinski definition) is 0. The molecule has 3 aromatic rings. The van der Waals surface area contributed by atoms with Gasteiger partial charge < -0.3 is 4.90 Å². The van der Waals surface area contributed by atoms with Crippen LogP contribution in [-0.2, 0) is 9.59 Å². The van der Waals surface area contributed by atoms with Gasteiger partial charge in [0.2, 0.25) is 11.8 Å². The van der Waals surface area contributed by atoms with E-state index < -0.39 is 29.8 Å². The van der Waals surface area contributed by atoms with Gasteiger partial charge >= 0.3 is 0 Å². The molecule has 0 radical (unpaired) electrons. The first kappa shape index (κ1) is 22.4. The molecule has 0 N–H and O–H groups in total. The first-order valence-electron chi connectivity index (χ1n) is 11.7. The first-order valence-corrected chi connectivity index (χ1v) is 12.1. The third-order valence-electron chi connectivity index (χ3n) is 7.34. The zero-order valence-corrected chi connectivity index (χ0v) is 20.1. The van der Waals surface area contributed by atoms with Crippen LogP contribution in [0.5, 0.6) is 0 Å². The molecule has 36 heavy (non-hydrogen) atoms. The molecule has 0 aromatic heterocycles. The third kappa shape index (κ3) is 3.25. The maximum Gasteiger partial charge on any atom is 0.240 e. The molecule has 7 heteroatoms. The number of rotatable bonds is 4. The van der Waals surface area contributed by atoms with E-state index in [0.717, 1.165) is 11.3 Å². The quantitative estimate of drug-likeness (QED) is 0.382. The number of nitrogens with zero attached hydrogens (tertiary/aromatic N) is 2. The number of amides is 2. The smallest absolute Gasteiger partial charge is 0.240 e. The predicted molar refractivity (Wildman–Crippen MR) is 137 cm³/mol. The van der Waals surface area contributed by atoms with Crippen molar-refractivity contribution in [3.63, 3.8) is 0 Å². The van der Waals surface area contributed by atoms with E-state index in [0.29, 0.717) is 21.8 Å². The van der Waals surface area contributed by atoms with Crippen molar-refractivity contribution < 1.29 is 19.2 Å². The summed E-state index contributed by atoms with van der Waals surface area (Å²) in [7, 11) is 0. The Hall–Kier alpha value is -4.03. The van der Waals surface area contributed by atoms with Crippen LogP contribution in [0.3, 0.4) is 0 Å². The molecule has 3 aliphatic rings. The maximum atomic E-state index is 14.0. The van der Waals surface area contributed by atoms with Crippen LogP contribution in [-0.4, -0.2) is 35.5 Å². The van der Waals surface area contributed by atoms with Crippen LogP contribution in [0.4, 0.5) is 11.4 Å². The van der Waals surface area contributed by atoms with Gasteiger partial charge in [-0.05, 0) is 67.1 Å². The number of fused-ring (bicyclic) bond motifs is 5. The molecule has 0 bridgehead atoms. The Kier molecular flexibility index (Phi) is 5.16. The van der Waals surface area contributed by atoms with E-state index in [1.165, 1.54) is 11.8 Å². The van der Waals surface area contributed by atoms with Crippen LogP contribution >= 0.6 is 11.6 Å². The fraction of sp³-hybridized carbons (Fsp3) is 0.172. The Bertz CT molecular complexity index is 1460. The van der Waals surface area contributed by atoms with E-state index in [2.05, 4.69) is 0 Å². The van der Waals surface area contributed by atoms with Gasteiger partial charge in [-0.1, -0.05) is 42.0 Å². The van der Waals surface area contributed by atoms with E-state index in [-0.39, 0.29) is 17.5 Å². The maximum absolute atomic E-state index is 14.0. The summed E-state index contributed by atoms with van der Waals surface area (Å²) in [5.41, 5.74) is 3.07. The fourth-order valence-electron chi connectivity index (χ4n) is 5.70. The normalized spacial score (nSPS) is 23.9. The summed E-state index contributed by atoms with van der Waals surface area (Å²) in [5, 5.41) is 0.507. The van der Waals surface area contributed by atoms with Gasteiger partial charge in [0, 0.05) is 21.8 Å². The molecule has 6 rings (SSSR count). The fourth-order valence-corrected chi connectivity index (χ4v) is 5.82. The minimum atomic E-state index is -0.856. The van der Waals surface area contributed by atoms with Gasteiger partial charge in [0.05, 0.1) is 23.6 Å². The summed E-state index contributed by atoms with van der Waals surface area (Å²) in [6.07, 6.45) is 3.87. The molecule has 178 valence electrons. The summed E-state index contributed by atoms with van der Waals surface area (Å²) in [6, 6.07) is 19.4. The molecule has 0 spiro atoms. The van der Waals surface area contributed by atoms with Crippen LogP contribution in [0, 0.1) is 11.8 Å². The average molecular weight is 497 g/mol. The average Bonchev–Trinajstić information content (AvgIpc) is 3.37. The van der Waals surface area contributed by atoms with E-state index in [1.807, 2.05) is 41.3 Å². The number of imide groups is 1. The van der Waals surface area contributed by atoms with Gasteiger partial charge in [0.25, 0.3) is 0 Å². The number of anilines is 2. The SMILES string of the molecule is CC(=O)c1ccc(N2C(=O)[C@@H]3[C@H](C2=O)[C@H](C(=O)c2ccc(Cl)cc2)N2c4ccccc4C=C[C@@H]32)cc1. The second-order valence-corrected chi connectivity index (χ2v) is 9.73. The second kappa shape index (κ2) is 8.28. The minimum absolute atomic E-state index is 0.104. The van der Waals surface area contributed by atoms with Gasteiger partial charge in [-0.15, -0.1) is 0 Å². The monoisotopic (exact) mass is 496 g/mol. The van der Waals surface area contributed by atoms with Crippen molar-refractivity contribution in [2.24, 2.45) is 11.8 Å². The van der Waals surface area contributed by atoms with Gasteiger partial charge in [-0.3, -0.25) is 19.2 Å². The van der Waals surface area contributed by atoms with Crippen molar-refractivity contribution in [2.75, 3.05) is 9.80 Å². The lowest BCUT2D eigenvalue weighted by atomic mass is 9.86. The van der Waals surface area contributed by atoms with Crippen molar-refractivity contribution in [3.8, 4) is 0 Å². The summed E-state index contributed by atoms with van der Waals surface area (Å²) in [4.78, 5) is 56.4. The Labute approximate surface area is 212 Å². The molecule has 2 amide bonds. The molecular formula is C29H21ClN2O4. The van der Waals surface area contributed by atoms with Crippen LogP contribution < -0.4 is 9.80 Å². The molecule has 0 unspecified atom stereocenters. The largest absolute Gasteiger partial charge is 0.352 e. The highest BCUT2D eigenvalue weighted by molar-refractivity contribution is 6.30. The Balaban J connectivity index is 1.46. The van der Waals surface area contributed by atoms with Crippen molar-refractivity contribution in [1.82, 2.24) is 0 Å². The molecular weight excluding hydrogens is 476 g/mol. The van der Waals surface area contributed by atoms with Crippen molar-refractivity contribution in [2.45, 2.75) is 19.0 Å². The Morgan fingerprint density at radius 1 is 0.806 bits per heavy atom. The number of Topliss-reactive ketones (excluding diaryl/α,β-unsaturated/α-hetero) is 2. The lowest BCUT2D eigenvalue weighted by Gasteiger charge is -2.36. The minimum Gasteiger partial charge on any atom is -0.352 e. The Morgan fingerprint density at radius 2 is 1.44 bits per heavy atom. The first-order chi connectivity index (χ1) is 17.4. The van der Waals surface area contributed by atoms with Gasteiger partial charge in [-0.25, -0.2) is 4.90 Å². The summed E-state index contributed by atoms with van der Waals surface area (Å²) < 4.78 is 0. The van der Waals surface area contributed by atoms with Gasteiger partial charge in [0.1, 0.15) is 6.04 Å². The van der Waals surface area contributed by atoms with Gasteiger partial charge in [-0.2, -0.15) is 0 Å². The molecule has 2 fully saturated rings. The number of para-hydroxylation sites is 1. The van der Waals surface area contributed by atoms with E-state index in [9.17, 15) is 19.2 Å². The molecule has 0 saturated carbocycles. The highest BCUT2D eigenvalue weighted by atomic mass is 35.5. The van der Waals surface area contributed by atoms with E-state index >= 15 is 0 Å². The zero-order chi connectivity index (χ0) is 25.1. The van der Waals surface area contributed by atoms with Crippen LogP contribution in [0.15, 0.2) is 78.9 Å². The molecule has 4 atom stereocenters. The Morgan fingerprint density at radius 3 is 2.14 bits per heavy atom. The topological polar surface area (TPSA) is 74.8 Å². The molecule has 3 heterocycles. The molecule has 3 aliphatic heterocycles. The van der Waals surface area contributed by atoms with Crippen molar-refractivity contribution in [1.29, 1.82) is 0 Å². The number of carbonyl (C=O) groups excluding carboxylic acids is 4. The second-order valence-electron chi connectivity index (χ2n) is 9.30. The summed E-state index contributed by atoms with van der Waals surface area (Å²) in [5.74, 6) is -2.65.